The Labute approximate surface area is 122 Å². The minimum atomic E-state index is -0.812. The second-order valence-electron chi connectivity index (χ2n) is 5.60. The van der Waals surface area contributed by atoms with Crippen molar-refractivity contribution >= 4 is 27.4 Å². The SMILES string of the molecule is C=C(C)COCCCCCCCC[Si](C)(C)I. The van der Waals surface area contributed by atoms with Crippen LogP contribution in [0.25, 0.3) is 0 Å². The van der Waals surface area contributed by atoms with E-state index in [9.17, 15) is 0 Å². The van der Waals surface area contributed by atoms with Gasteiger partial charge in [0.15, 0.2) is 0 Å². The van der Waals surface area contributed by atoms with Crippen LogP contribution in [0.2, 0.25) is 19.1 Å². The van der Waals surface area contributed by atoms with Gasteiger partial charge in [0.1, 0.15) is 5.57 Å². The van der Waals surface area contributed by atoms with Crippen molar-refractivity contribution in [3.05, 3.63) is 12.2 Å². The van der Waals surface area contributed by atoms with E-state index < -0.39 is 5.57 Å². The number of rotatable bonds is 11. The third-order valence-electron chi connectivity index (χ3n) is 2.66. The van der Waals surface area contributed by atoms with Crippen molar-refractivity contribution in [1.82, 2.24) is 0 Å². The first-order valence-corrected chi connectivity index (χ1v) is 13.1. The fourth-order valence-electron chi connectivity index (χ4n) is 1.70. The topological polar surface area (TPSA) is 9.23 Å². The standard InChI is InChI=1S/C14H29IOSi/c1-14(2)13-16-11-9-7-5-6-8-10-12-17(3,4)15/h1,5-13H2,2-4H3. The molecule has 0 atom stereocenters. The van der Waals surface area contributed by atoms with E-state index in [1.807, 2.05) is 6.92 Å². The van der Waals surface area contributed by atoms with Gasteiger partial charge in [-0.3, -0.25) is 0 Å². The van der Waals surface area contributed by atoms with Crippen LogP contribution in [0.4, 0.5) is 0 Å². The summed E-state index contributed by atoms with van der Waals surface area (Å²) in [6.45, 7) is 12.4. The van der Waals surface area contributed by atoms with Gasteiger partial charge in [-0.05, 0) is 19.4 Å². The first kappa shape index (κ1) is 17.6. The summed E-state index contributed by atoms with van der Waals surface area (Å²) in [4.78, 5) is 0. The van der Waals surface area contributed by atoms with Crippen LogP contribution in [0, 0.1) is 0 Å². The van der Waals surface area contributed by atoms with Crippen molar-refractivity contribution < 1.29 is 4.74 Å². The Morgan fingerprint density at radius 3 is 2.12 bits per heavy atom. The minimum absolute atomic E-state index is 0.732. The molecule has 0 amide bonds. The fraction of sp³-hybridized carbons (Fsp3) is 0.857. The predicted molar refractivity (Wildman–Crippen MR) is 89.6 cm³/mol. The summed E-state index contributed by atoms with van der Waals surface area (Å²) in [5.74, 6) is 0. The summed E-state index contributed by atoms with van der Waals surface area (Å²) in [5, 5.41) is 0. The van der Waals surface area contributed by atoms with Crippen molar-refractivity contribution in [2.24, 2.45) is 0 Å². The van der Waals surface area contributed by atoms with Crippen LogP contribution in [-0.4, -0.2) is 18.8 Å². The molecule has 0 aromatic carbocycles. The Morgan fingerprint density at radius 1 is 1.06 bits per heavy atom. The molecule has 0 bridgehead atoms. The van der Waals surface area contributed by atoms with Crippen molar-refractivity contribution in [3.63, 3.8) is 0 Å². The van der Waals surface area contributed by atoms with E-state index in [0.29, 0.717) is 0 Å². The predicted octanol–water partition coefficient (Wildman–Crippen LogP) is 5.56. The van der Waals surface area contributed by atoms with E-state index >= 15 is 0 Å². The number of halogens is 1. The maximum atomic E-state index is 5.47. The van der Waals surface area contributed by atoms with E-state index in [0.717, 1.165) is 18.8 Å². The van der Waals surface area contributed by atoms with Crippen molar-refractivity contribution in [3.8, 4) is 0 Å². The quantitative estimate of drug-likeness (QED) is 0.153. The van der Waals surface area contributed by atoms with E-state index in [1.54, 1.807) is 0 Å². The molecule has 0 unspecified atom stereocenters. The zero-order chi connectivity index (χ0) is 13.1. The molecule has 3 heteroatoms. The number of ether oxygens (including phenoxy) is 1. The Hall–Kier alpha value is 0.647. The summed E-state index contributed by atoms with van der Waals surface area (Å²) in [6, 6.07) is 1.48. The number of hydrogen-bond acceptors (Lipinski definition) is 1. The minimum Gasteiger partial charge on any atom is -0.377 e. The van der Waals surface area contributed by atoms with Crippen LogP contribution in [0.15, 0.2) is 12.2 Å². The Kier molecular flexibility index (Phi) is 11.0. The molecule has 0 aliphatic heterocycles. The lowest BCUT2D eigenvalue weighted by atomic mass is 10.1. The van der Waals surface area contributed by atoms with Crippen molar-refractivity contribution in [2.45, 2.75) is 64.6 Å². The Balaban J connectivity index is 3.06. The van der Waals surface area contributed by atoms with Crippen LogP contribution in [0.3, 0.4) is 0 Å². The van der Waals surface area contributed by atoms with Gasteiger partial charge in [-0.1, -0.05) is 57.4 Å². The molecule has 0 aliphatic carbocycles. The molecule has 0 radical (unpaired) electrons. The molecule has 0 saturated carbocycles. The van der Waals surface area contributed by atoms with Gasteiger partial charge < -0.3 is 4.74 Å². The third kappa shape index (κ3) is 16.6. The van der Waals surface area contributed by atoms with Crippen LogP contribution in [-0.2, 0) is 4.74 Å². The highest BCUT2D eigenvalue weighted by Crippen LogP contribution is 2.21. The molecule has 0 aliphatic rings. The zero-order valence-corrected chi connectivity index (χ0v) is 15.0. The van der Waals surface area contributed by atoms with Gasteiger partial charge in [0.2, 0.25) is 0 Å². The molecule has 0 heterocycles. The molecule has 1 nitrogen and oxygen atoms in total. The monoisotopic (exact) mass is 368 g/mol. The molecule has 102 valence electrons. The zero-order valence-electron chi connectivity index (χ0n) is 11.9. The van der Waals surface area contributed by atoms with Gasteiger partial charge in [-0.15, -0.1) is 21.8 Å². The highest BCUT2D eigenvalue weighted by Gasteiger charge is 2.14. The van der Waals surface area contributed by atoms with Gasteiger partial charge >= 0.3 is 0 Å². The molecule has 0 spiro atoms. The number of unbranched alkanes of at least 4 members (excludes halogenated alkanes) is 5. The Morgan fingerprint density at radius 2 is 1.59 bits per heavy atom. The maximum Gasteiger partial charge on any atom is 0.119 e. The number of hydrogen-bond donors (Lipinski definition) is 0. The highest BCUT2D eigenvalue weighted by molar-refractivity contribution is 14.1. The van der Waals surface area contributed by atoms with E-state index in [-0.39, 0.29) is 0 Å². The summed E-state index contributed by atoms with van der Waals surface area (Å²) >= 11 is 2.68. The average Bonchev–Trinajstić information content (AvgIpc) is 2.18. The second kappa shape index (κ2) is 10.6. The molecular formula is C14H29IOSi. The molecule has 0 fully saturated rings. The Bertz CT molecular complexity index is 199. The largest absolute Gasteiger partial charge is 0.377 e. The third-order valence-corrected chi connectivity index (χ3v) is 5.82. The normalized spacial score (nSPS) is 11.8. The first-order valence-electron chi connectivity index (χ1n) is 6.83. The van der Waals surface area contributed by atoms with Gasteiger partial charge in [0, 0.05) is 6.61 Å². The second-order valence-corrected chi connectivity index (χ2v) is 18.3. The molecular weight excluding hydrogens is 339 g/mol. The molecule has 17 heavy (non-hydrogen) atoms. The first-order chi connectivity index (χ1) is 7.92. The molecule has 0 rings (SSSR count). The highest BCUT2D eigenvalue weighted by atomic mass is 127. The van der Waals surface area contributed by atoms with Gasteiger partial charge in [-0.25, -0.2) is 0 Å². The van der Waals surface area contributed by atoms with Crippen LogP contribution in [0.5, 0.6) is 0 Å². The summed E-state index contributed by atoms with van der Waals surface area (Å²) in [5.41, 5.74) is 0.309. The summed E-state index contributed by atoms with van der Waals surface area (Å²) < 4.78 is 5.47. The maximum absolute atomic E-state index is 5.47. The van der Waals surface area contributed by atoms with E-state index in [4.69, 9.17) is 4.74 Å². The molecule has 0 saturated heterocycles. The smallest absolute Gasteiger partial charge is 0.119 e. The lowest BCUT2D eigenvalue weighted by Crippen LogP contribution is -2.13. The van der Waals surface area contributed by atoms with Crippen LogP contribution >= 0.6 is 21.8 Å². The van der Waals surface area contributed by atoms with Crippen molar-refractivity contribution in [2.75, 3.05) is 13.2 Å². The molecule has 0 N–H and O–H groups in total. The lowest BCUT2D eigenvalue weighted by Gasteiger charge is -2.12. The molecule has 0 aromatic heterocycles. The average molecular weight is 368 g/mol. The lowest BCUT2D eigenvalue weighted by molar-refractivity contribution is 0.151. The van der Waals surface area contributed by atoms with Crippen molar-refractivity contribution in [1.29, 1.82) is 0 Å². The van der Waals surface area contributed by atoms with Gasteiger partial charge in [-0.2, -0.15) is 0 Å². The van der Waals surface area contributed by atoms with Crippen LogP contribution in [0.1, 0.15) is 45.4 Å². The van der Waals surface area contributed by atoms with Crippen LogP contribution < -0.4 is 0 Å². The summed E-state index contributed by atoms with van der Waals surface area (Å²) in [7, 11) is 0. The summed E-state index contributed by atoms with van der Waals surface area (Å²) in [6.07, 6.45) is 8.17. The van der Waals surface area contributed by atoms with E-state index in [2.05, 4.69) is 41.5 Å². The van der Waals surface area contributed by atoms with Gasteiger partial charge in [0.25, 0.3) is 0 Å². The van der Waals surface area contributed by atoms with Gasteiger partial charge in [0.05, 0.1) is 6.61 Å². The fourth-order valence-corrected chi connectivity index (χ4v) is 3.94. The van der Waals surface area contributed by atoms with E-state index in [1.165, 1.54) is 44.6 Å². The molecule has 0 aromatic rings.